The van der Waals surface area contributed by atoms with Crippen molar-refractivity contribution in [1.29, 1.82) is 0 Å². The van der Waals surface area contributed by atoms with Crippen LogP contribution in [0.3, 0.4) is 0 Å². The second-order valence-corrected chi connectivity index (χ2v) is 7.30. The van der Waals surface area contributed by atoms with Gasteiger partial charge in [0.25, 0.3) is 0 Å². The Labute approximate surface area is 160 Å². The van der Waals surface area contributed by atoms with Crippen molar-refractivity contribution in [2.75, 3.05) is 36.5 Å². The number of anilines is 2. The highest BCUT2D eigenvalue weighted by atomic mass is 16.6. The first kappa shape index (κ1) is 17.9. The second-order valence-electron chi connectivity index (χ2n) is 7.30. The fourth-order valence-electron chi connectivity index (χ4n) is 3.86. The number of nitrogens with one attached hydrogen (secondary N) is 1. The highest BCUT2D eigenvalue weighted by molar-refractivity contribution is 5.56. The number of ether oxygens (including phenoxy) is 2. The Bertz CT molecular complexity index is 796. The Hall–Kier alpha value is -2.50. The summed E-state index contributed by atoms with van der Waals surface area (Å²) in [5, 5.41) is 3.68. The largest absolute Gasteiger partial charge is 0.486 e. The highest BCUT2D eigenvalue weighted by Gasteiger charge is 2.23. The van der Waals surface area contributed by atoms with Gasteiger partial charge in [-0.3, -0.25) is 0 Å². The molecule has 144 valence electrons. The average Bonchev–Trinajstić information content (AvgIpc) is 2.70. The van der Waals surface area contributed by atoms with Crippen LogP contribution in [0.25, 0.3) is 0 Å². The molecule has 0 bridgehead atoms. The number of aryl methyl sites for hydroxylation is 2. The molecule has 0 unspecified atom stereocenters. The maximum absolute atomic E-state index is 5.71. The van der Waals surface area contributed by atoms with Crippen LogP contribution in [0.15, 0.2) is 24.4 Å². The standard InChI is InChI=1S/C21H28N4O2/c1-3-5-16-13-22-15(2)23-21(16)25-9-4-6-18(14-25)24-17-7-8-19-20(12-17)27-11-10-26-19/h7-8,12-13,18,24H,3-6,9-11,14H2,1-2H3/t18-/m0/s1. The molecule has 1 N–H and O–H groups in total. The number of aromatic nitrogens is 2. The van der Waals surface area contributed by atoms with Gasteiger partial charge in [-0.1, -0.05) is 13.3 Å². The van der Waals surface area contributed by atoms with Gasteiger partial charge in [-0.05, 0) is 38.3 Å². The lowest BCUT2D eigenvalue weighted by atomic mass is 10.0. The van der Waals surface area contributed by atoms with Gasteiger partial charge >= 0.3 is 0 Å². The molecule has 6 heteroatoms. The van der Waals surface area contributed by atoms with E-state index in [1.807, 2.05) is 25.3 Å². The van der Waals surface area contributed by atoms with Crippen LogP contribution in [-0.2, 0) is 6.42 Å². The van der Waals surface area contributed by atoms with Crippen LogP contribution in [0.2, 0.25) is 0 Å². The molecule has 0 aliphatic carbocycles. The average molecular weight is 368 g/mol. The van der Waals surface area contributed by atoms with Crippen molar-refractivity contribution >= 4 is 11.5 Å². The predicted octanol–water partition coefficient (Wildman–Crippen LogP) is 3.59. The number of fused-ring (bicyclic) bond motifs is 1. The van der Waals surface area contributed by atoms with Gasteiger partial charge in [-0.2, -0.15) is 0 Å². The number of hydrogen-bond donors (Lipinski definition) is 1. The molecule has 1 atom stereocenters. The van der Waals surface area contributed by atoms with Crippen LogP contribution in [0.5, 0.6) is 11.5 Å². The Morgan fingerprint density at radius 3 is 2.93 bits per heavy atom. The summed E-state index contributed by atoms with van der Waals surface area (Å²) in [7, 11) is 0. The fraction of sp³-hybridized carbons (Fsp3) is 0.524. The lowest BCUT2D eigenvalue weighted by Gasteiger charge is -2.35. The van der Waals surface area contributed by atoms with E-state index in [1.54, 1.807) is 0 Å². The summed E-state index contributed by atoms with van der Waals surface area (Å²) in [6, 6.07) is 6.49. The Morgan fingerprint density at radius 1 is 1.22 bits per heavy atom. The Morgan fingerprint density at radius 2 is 2.07 bits per heavy atom. The number of piperidine rings is 1. The van der Waals surface area contributed by atoms with Gasteiger partial charge in [0, 0.05) is 42.6 Å². The van der Waals surface area contributed by atoms with Gasteiger partial charge in [-0.15, -0.1) is 0 Å². The lowest BCUT2D eigenvalue weighted by molar-refractivity contribution is 0.171. The molecule has 1 saturated heterocycles. The van der Waals surface area contributed by atoms with E-state index < -0.39 is 0 Å². The molecule has 4 rings (SSSR count). The normalized spacial score (nSPS) is 19.0. The van der Waals surface area contributed by atoms with E-state index in [-0.39, 0.29) is 0 Å². The van der Waals surface area contributed by atoms with Crippen molar-refractivity contribution in [3.8, 4) is 11.5 Å². The summed E-state index contributed by atoms with van der Waals surface area (Å²) in [4.78, 5) is 11.6. The predicted molar refractivity (Wildman–Crippen MR) is 107 cm³/mol. The van der Waals surface area contributed by atoms with Crippen LogP contribution < -0.4 is 19.7 Å². The van der Waals surface area contributed by atoms with Gasteiger partial charge < -0.3 is 19.7 Å². The van der Waals surface area contributed by atoms with Crippen molar-refractivity contribution in [2.45, 2.75) is 45.6 Å². The fourth-order valence-corrected chi connectivity index (χ4v) is 3.86. The van der Waals surface area contributed by atoms with E-state index in [0.717, 1.165) is 67.6 Å². The first-order valence-electron chi connectivity index (χ1n) is 9.96. The number of benzene rings is 1. The minimum atomic E-state index is 0.381. The van der Waals surface area contributed by atoms with Crippen LogP contribution in [0.4, 0.5) is 11.5 Å². The molecule has 6 nitrogen and oxygen atoms in total. The zero-order chi connectivity index (χ0) is 18.6. The van der Waals surface area contributed by atoms with Gasteiger partial charge in [-0.25, -0.2) is 9.97 Å². The maximum Gasteiger partial charge on any atom is 0.163 e. The molecule has 0 amide bonds. The number of nitrogens with zero attached hydrogens (tertiary/aromatic N) is 3. The van der Waals surface area contributed by atoms with Crippen molar-refractivity contribution in [1.82, 2.24) is 9.97 Å². The second kappa shape index (κ2) is 8.03. The summed E-state index contributed by atoms with van der Waals surface area (Å²) in [6.07, 6.45) is 6.42. The van der Waals surface area contributed by atoms with Gasteiger partial charge in [0.05, 0.1) is 0 Å². The molecule has 2 aromatic rings. The quantitative estimate of drug-likeness (QED) is 0.870. The topological polar surface area (TPSA) is 59.5 Å². The molecular formula is C21H28N4O2. The Kier molecular flexibility index (Phi) is 5.32. The van der Waals surface area contributed by atoms with Gasteiger partial charge in [0.2, 0.25) is 0 Å². The third-order valence-corrected chi connectivity index (χ3v) is 5.12. The summed E-state index contributed by atoms with van der Waals surface area (Å²) in [5.74, 6) is 3.61. The molecule has 1 aromatic carbocycles. The molecule has 0 spiro atoms. The van der Waals surface area contributed by atoms with Crippen LogP contribution in [0.1, 0.15) is 37.6 Å². The maximum atomic E-state index is 5.71. The van der Waals surface area contributed by atoms with Gasteiger partial charge in [0.1, 0.15) is 24.9 Å². The van der Waals surface area contributed by atoms with E-state index in [4.69, 9.17) is 14.5 Å². The minimum Gasteiger partial charge on any atom is -0.486 e. The third kappa shape index (κ3) is 4.10. The van der Waals surface area contributed by atoms with Crippen molar-refractivity contribution in [2.24, 2.45) is 0 Å². The zero-order valence-electron chi connectivity index (χ0n) is 16.2. The molecular weight excluding hydrogens is 340 g/mol. The molecule has 0 radical (unpaired) electrons. The first-order valence-corrected chi connectivity index (χ1v) is 9.96. The van der Waals surface area contributed by atoms with Crippen molar-refractivity contribution < 1.29 is 9.47 Å². The van der Waals surface area contributed by atoms with E-state index in [9.17, 15) is 0 Å². The first-order chi connectivity index (χ1) is 13.2. The molecule has 2 aliphatic rings. The number of hydrogen-bond acceptors (Lipinski definition) is 6. The molecule has 0 saturated carbocycles. The van der Waals surface area contributed by atoms with Crippen molar-refractivity contribution in [3.05, 3.63) is 35.8 Å². The summed E-state index contributed by atoms with van der Waals surface area (Å²) < 4.78 is 11.3. The third-order valence-electron chi connectivity index (χ3n) is 5.12. The monoisotopic (exact) mass is 368 g/mol. The number of rotatable bonds is 5. The van der Waals surface area contributed by atoms with Crippen molar-refractivity contribution in [3.63, 3.8) is 0 Å². The zero-order valence-corrected chi connectivity index (χ0v) is 16.2. The summed E-state index contributed by atoms with van der Waals surface area (Å²) >= 11 is 0. The lowest BCUT2D eigenvalue weighted by Crippen LogP contribution is -2.43. The molecule has 3 heterocycles. The molecule has 27 heavy (non-hydrogen) atoms. The molecule has 1 fully saturated rings. The van der Waals surface area contributed by atoms with Crippen LogP contribution >= 0.6 is 0 Å². The SMILES string of the molecule is CCCc1cnc(C)nc1N1CCC[C@H](Nc2ccc3c(c2)OCCO3)C1. The molecule has 1 aromatic heterocycles. The summed E-state index contributed by atoms with van der Waals surface area (Å²) in [6.45, 7) is 7.39. The van der Waals surface area contributed by atoms with Crippen LogP contribution in [0, 0.1) is 6.92 Å². The van der Waals surface area contributed by atoms with E-state index in [1.165, 1.54) is 5.56 Å². The van der Waals surface area contributed by atoms with Crippen LogP contribution in [-0.4, -0.2) is 42.3 Å². The van der Waals surface area contributed by atoms with Gasteiger partial charge in [0.15, 0.2) is 11.5 Å². The molecule has 2 aliphatic heterocycles. The summed E-state index contributed by atoms with van der Waals surface area (Å²) in [5.41, 5.74) is 2.34. The highest BCUT2D eigenvalue weighted by Crippen LogP contribution is 2.33. The van der Waals surface area contributed by atoms with E-state index in [2.05, 4.69) is 28.2 Å². The van der Waals surface area contributed by atoms with E-state index in [0.29, 0.717) is 19.3 Å². The smallest absolute Gasteiger partial charge is 0.163 e. The minimum absolute atomic E-state index is 0.381. The van der Waals surface area contributed by atoms with E-state index >= 15 is 0 Å². The Balaban J connectivity index is 1.48.